The van der Waals surface area contributed by atoms with E-state index in [-0.39, 0.29) is 17.8 Å². The summed E-state index contributed by atoms with van der Waals surface area (Å²) in [5, 5.41) is 0. The molecule has 0 saturated carbocycles. The van der Waals surface area contributed by atoms with Gasteiger partial charge in [-0.1, -0.05) is 66.7 Å². The molecule has 0 aromatic heterocycles. The van der Waals surface area contributed by atoms with Crippen molar-refractivity contribution in [3.05, 3.63) is 101 Å². The van der Waals surface area contributed by atoms with Gasteiger partial charge in [0.1, 0.15) is 0 Å². The minimum absolute atomic E-state index is 0.211. The normalized spacial score (nSPS) is 11.5. The van der Waals surface area contributed by atoms with Crippen molar-refractivity contribution in [2.45, 2.75) is 12.7 Å². The molecule has 0 aliphatic carbocycles. The van der Waals surface area contributed by atoms with Crippen molar-refractivity contribution in [3.8, 4) is 0 Å². The number of rotatable bonds is 5. The maximum absolute atomic E-state index is 13.6. The fraction of sp³-hybridized carbons (Fsp3) is 0.174. The minimum atomic E-state index is -4.43. The highest BCUT2D eigenvalue weighted by molar-refractivity contribution is 6.13. The van der Waals surface area contributed by atoms with Crippen molar-refractivity contribution < 1.29 is 13.2 Å². The van der Waals surface area contributed by atoms with Crippen LogP contribution in [0.5, 0.6) is 0 Å². The zero-order chi connectivity index (χ0) is 20.1. The van der Waals surface area contributed by atoms with E-state index in [0.717, 1.165) is 17.2 Å². The van der Waals surface area contributed by atoms with Crippen LogP contribution in [0.25, 0.3) is 0 Å². The highest BCUT2D eigenvalue weighted by atomic mass is 19.4. The largest absolute Gasteiger partial charge is 0.416 e. The second-order valence-electron chi connectivity index (χ2n) is 6.77. The van der Waals surface area contributed by atoms with Crippen molar-refractivity contribution >= 4 is 11.4 Å². The quantitative estimate of drug-likeness (QED) is 0.499. The van der Waals surface area contributed by atoms with Crippen LogP contribution in [0.3, 0.4) is 0 Å². The fourth-order valence-corrected chi connectivity index (χ4v) is 2.99. The van der Waals surface area contributed by atoms with Crippen LogP contribution in [0, 0.1) is 0 Å². The van der Waals surface area contributed by atoms with E-state index in [4.69, 9.17) is 0 Å². The smallest absolute Gasteiger partial charge is 0.305 e. The monoisotopic (exact) mass is 382 g/mol. The first-order chi connectivity index (χ1) is 13.3. The molecular weight excluding hydrogens is 361 g/mol. The van der Waals surface area contributed by atoms with Gasteiger partial charge in [0.2, 0.25) is 0 Å². The first-order valence-corrected chi connectivity index (χ1v) is 8.89. The summed E-state index contributed by atoms with van der Waals surface area (Å²) >= 11 is 0. The zero-order valence-corrected chi connectivity index (χ0v) is 15.7. The minimum Gasteiger partial charge on any atom is -0.305 e. The van der Waals surface area contributed by atoms with Crippen molar-refractivity contribution in [3.63, 3.8) is 0 Å². The molecule has 0 spiro atoms. The molecule has 0 fully saturated rings. The van der Waals surface area contributed by atoms with Crippen LogP contribution >= 0.6 is 0 Å². The van der Waals surface area contributed by atoms with Crippen molar-refractivity contribution in [2.24, 2.45) is 4.99 Å². The summed E-state index contributed by atoms with van der Waals surface area (Å²) in [6.07, 6.45) is -4.43. The molecule has 0 unspecified atom stereocenters. The number of alkyl halides is 3. The molecule has 0 N–H and O–H groups in total. The highest BCUT2D eigenvalue weighted by Gasteiger charge is 2.33. The van der Waals surface area contributed by atoms with Crippen LogP contribution < -0.4 is 0 Å². The Morgan fingerprint density at radius 2 is 1.36 bits per heavy atom. The standard InChI is InChI=1S/C23H21F3N2/c1-28(2)16-19-13-14-20(15-21(19)23(24,25)26)27-22(17-9-5-3-6-10-17)18-11-7-4-8-12-18/h3-15H,16H2,1-2H3. The summed E-state index contributed by atoms with van der Waals surface area (Å²) in [4.78, 5) is 6.31. The first-order valence-electron chi connectivity index (χ1n) is 8.89. The predicted molar refractivity (Wildman–Crippen MR) is 107 cm³/mol. The number of halogens is 3. The van der Waals surface area contributed by atoms with E-state index in [0.29, 0.717) is 5.71 Å². The molecular formula is C23H21F3N2. The van der Waals surface area contributed by atoms with Gasteiger partial charge in [0.25, 0.3) is 0 Å². The van der Waals surface area contributed by atoms with Gasteiger partial charge in [-0.15, -0.1) is 0 Å². The Morgan fingerprint density at radius 1 is 0.821 bits per heavy atom. The maximum atomic E-state index is 13.6. The zero-order valence-electron chi connectivity index (χ0n) is 15.7. The topological polar surface area (TPSA) is 15.6 Å². The lowest BCUT2D eigenvalue weighted by atomic mass is 10.0. The van der Waals surface area contributed by atoms with E-state index >= 15 is 0 Å². The Labute approximate surface area is 163 Å². The molecule has 3 rings (SSSR count). The van der Waals surface area contributed by atoms with Crippen LogP contribution in [0.4, 0.5) is 18.9 Å². The second kappa shape index (κ2) is 8.40. The third-order valence-corrected chi connectivity index (χ3v) is 4.22. The van der Waals surface area contributed by atoms with Crippen LogP contribution in [0.15, 0.2) is 83.9 Å². The summed E-state index contributed by atoms with van der Waals surface area (Å²) in [5.74, 6) is 0. The molecule has 0 aliphatic heterocycles. The van der Waals surface area contributed by atoms with Crippen molar-refractivity contribution in [2.75, 3.05) is 14.1 Å². The van der Waals surface area contributed by atoms with Crippen LogP contribution in [-0.2, 0) is 12.7 Å². The van der Waals surface area contributed by atoms with Crippen LogP contribution in [0.2, 0.25) is 0 Å². The molecule has 3 aromatic carbocycles. The van der Waals surface area contributed by atoms with Gasteiger partial charge in [-0.3, -0.25) is 0 Å². The van der Waals surface area contributed by atoms with E-state index in [1.807, 2.05) is 60.7 Å². The summed E-state index contributed by atoms with van der Waals surface area (Å²) in [6, 6.07) is 23.2. The van der Waals surface area contributed by atoms with Crippen LogP contribution in [-0.4, -0.2) is 24.7 Å². The first kappa shape index (κ1) is 19.8. The number of hydrogen-bond donors (Lipinski definition) is 0. The van der Waals surface area contributed by atoms with E-state index in [1.54, 1.807) is 25.1 Å². The second-order valence-corrected chi connectivity index (χ2v) is 6.77. The number of hydrogen-bond acceptors (Lipinski definition) is 2. The van der Waals surface area contributed by atoms with Gasteiger partial charge in [-0.2, -0.15) is 13.2 Å². The third kappa shape index (κ3) is 4.87. The molecule has 0 aliphatic rings. The molecule has 2 nitrogen and oxygen atoms in total. The summed E-state index contributed by atoms with van der Waals surface area (Å²) in [5.41, 5.74) is 2.19. The summed E-state index contributed by atoms with van der Waals surface area (Å²) < 4.78 is 40.8. The Morgan fingerprint density at radius 3 is 1.82 bits per heavy atom. The maximum Gasteiger partial charge on any atom is 0.416 e. The number of nitrogens with zero attached hydrogens (tertiary/aromatic N) is 2. The highest BCUT2D eigenvalue weighted by Crippen LogP contribution is 2.35. The summed E-state index contributed by atoms with van der Waals surface area (Å²) in [7, 11) is 3.49. The lowest BCUT2D eigenvalue weighted by molar-refractivity contribution is -0.138. The number of benzene rings is 3. The lowest BCUT2D eigenvalue weighted by Gasteiger charge is -2.17. The van der Waals surface area contributed by atoms with Gasteiger partial charge in [0, 0.05) is 17.7 Å². The molecule has 0 atom stereocenters. The van der Waals surface area contributed by atoms with Crippen molar-refractivity contribution in [1.29, 1.82) is 0 Å². The molecule has 0 radical (unpaired) electrons. The lowest BCUT2D eigenvalue weighted by Crippen LogP contribution is -2.16. The van der Waals surface area contributed by atoms with E-state index in [2.05, 4.69) is 4.99 Å². The van der Waals surface area contributed by atoms with Gasteiger partial charge in [-0.25, -0.2) is 4.99 Å². The number of aliphatic imine (C=N–C) groups is 1. The van der Waals surface area contributed by atoms with Gasteiger partial charge in [0.15, 0.2) is 0 Å². The van der Waals surface area contributed by atoms with Crippen LogP contribution in [0.1, 0.15) is 22.3 Å². The molecule has 3 aromatic rings. The fourth-order valence-electron chi connectivity index (χ4n) is 2.99. The van der Waals surface area contributed by atoms with Crippen molar-refractivity contribution in [1.82, 2.24) is 4.90 Å². The molecule has 0 amide bonds. The SMILES string of the molecule is CN(C)Cc1ccc(N=C(c2ccccc2)c2ccccc2)cc1C(F)(F)F. The Balaban J connectivity index is 2.13. The average molecular weight is 382 g/mol. The van der Waals surface area contributed by atoms with Gasteiger partial charge in [-0.05, 0) is 31.8 Å². The molecule has 0 bridgehead atoms. The Bertz CT molecular complexity index is 905. The summed E-state index contributed by atoms with van der Waals surface area (Å²) in [6.45, 7) is 0.211. The van der Waals surface area contributed by atoms with Gasteiger partial charge in [0.05, 0.1) is 17.0 Å². The molecule has 144 valence electrons. The molecule has 28 heavy (non-hydrogen) atoms. The molecule has 0 saturated heterocycles. The molecule has 5 heteroatoms. The third-order valence-electron chi connectivity index (χ3n) is 4.22. The van der Waals surface area contributed by atoms with E-state index in [9.17, 15) is 13.2 Å². The van der Waals surface area contributed by atoms with E-state index < -0.39 is 11.7 Å². The average Bonchev–Trinajstić information content (AvgIpc) is 2.67. The van der Waals surface area contributed by atoms with E-state index in [1.165, 1.54) is 6.07 Å². The van der Waals surface area contributed by atoms with Gasteiger partial charge >= 0.3 is 6.18 Å². The predicted octanol–water partition coefficient (Wildman–Crippen LogP) is 5.94. The Kier molecular flexibility index (Phi) is 5.95. The Hall–Kier alpha value is -2.92. The van der Waals surface area contributed by atoms with Gasteiger partial charge < -0.3 is 4.90 Å². The molecule has 0 heterocycles.